The summed E-state index contributed by atoms with van der Waals surface area (Å²) in [6.07, 6.45) is 3.43. The van der Waals surface area contributed by atoms with Crippen LogP contribution in [0.4, 0.5) is 0 Å². The van der Waals surface area contributed by atoms with Gasteiger partial charge < -0.3 is 10.7 Å². The number of aromatic nitrogens is 2. The summed E-state index contributed by atoms with van der Waals surface area (Å²) in [7, 11) is 0. The number of halogens is 1. The third kappa shape index (κ3) is 2.43. The fourth-order valence-corrected chi connectivity index (χ4v) is 1.93. The molecule has 0 aliphatic rings. The maximum absolute atomic E-state index is 6.09. The second-order valence-electron chi connectivity index (χ2n) is 3.62. The third-order valence-electron chi connectivity index (χ3n) is 2.60. The monoisotopic (exact) mass is 235 g/mol. The average molecular weight is 236 g/mol. The summed E-state index contributed by atoms with van der Waals surface area (Å²) in [6.45, 7) is 0.498. The highest BCUT2D eigenvalue weighted by molar-refractivity contribution is 6.31. The molecule has 0 atom stereocenters. The van der Waals surface area contributed by atoms with E-state index in [1.807, 2.05) is 24.3 Å². The van der Waals surface area contributed by atoms with E-state index in [1.54, 1.807) is 6.33 Å². The number of hydrogen-bond acceptors (Lipinski definition) is 2. The minimum atomic E-state index is 0.498. The van der Waals surface area contributed by atoms with E-state index in [0.717, 1.165) is 34.8 Å². The highest BCUT2D eigenvalue weighted by Crippen LogP contribution is 2.17. The molecule has 3 nitrogen and oxygen atoms in total. The molecule has 2 aromatic rings. The molecule has 1 aromatic carbocycles. The minimum Gasteiger partial charge on any atom is -0.347 e. The zero-order chi connectivity index (χ0) is 11.4. The molecule has 0 unspecified atom stereocenters. The van der Waals surface area contributed by atoms with Crippen molar-refractivity contribution in [2.45, 2.75) is 19.4 Å². The fraction of sp³-hybridized carbons (Fsp3) is 0.250. The van der Waals surface area contributed by atoms with Gasteiger partial charge in [-0.05, 0) is 24.5 Å². The van der Waals surface area contributed by atoms with Crippen molar-refractivity contribution in [3.63, 3.8) is 0 Å². The van der Waals surface area contributed by atoms with Crippen molar-refractivity contribution >= 4 is 11.6 Å². The van der Waals surface area contributed by atoms with Crippen molar-refractivity contribution in [1.29, 1.82) is 0 Å². The number of nitrogens with one attached hydrogen (secondary N) is 1. The Morgan fingerprint density at radius 2 is 2.06 bits per heavy atom. The lowest BCUT2D eigenvalue weighted by atomic mass is 10.1. The summed E-state index contributed by atoms with van der Waals surface area (Å²) in [5, 5.41) is 0.812. The SMILES string of the molecule is NCc1[nH]cnc1CCc1ccccc1Cl. The van der Waals surface area contributed by atoms with E-state index in [0.29, 0.717) is 6.54 Å². The van der Waals surface area contributed by atoms with E-state index in [4.69, 9.17) is 17.3 Å². The Bertz CT molecular complexity index is 465. The molecule has 1 heterocycles. The predicted octanol–water partition coefficient (Wildman–Crippen LogP) is 2.31. The van der Waals surface area contributed by atoms with Crippen molar-refractivity contribution < 1.29 is 0 Å². The second kappa shape index (κ2) is 5.14. The minimum absolute atomic E-state index is 0.498. The van der Waals surface area contributed by atoms with E-state index in [-0.39, 0.29) is 0 Å². The zero-order valence-corrected chi connectivity index (χ0v) is 9.67. The quantitative estimate of drug-likeness (QED) is 0.855. The summed E-state index contributed by atoms with van der Waals surface area (Å²) in [5.41, 5.74) is 8.78. The molecule has 0 spiro atoms. The molecular weight excluding hydrogens is 222 g/mol. The Balaban J connectivity index is 2.05. The number of hydrogen-bond donors (Lipinski definition) is 2. The van der Waals surface area contributed by atoms with E-state index in [9.17, 15) is 0 Å². The van der Waals surface area contributed by atoms with Gasteiger partial charge in [-0.2, -0.15) is 0 Å². The Labute approximate surface area is 99.7 Å². The lowest BCUT2D eigenvalue weighted by molar-refractivity contribution is 0.885. The van der Waals surface area contributed by atoms with Crippen molar-refractivity contribution in [2.24, 2.45) is 5.73 Å². The molecule has 0 aliphatic carbocycles. The lowest BCUT2D eigenvalue weighted by Crippen LogP contribution is -2.02. The highest BCUT2D eigenvalue weighted by atomic mass is 35.5. The maximum atomic E-state index is 6.09. The van der Waals surface area contributed by atoms with Crippen LogP contribution in [-0.2, 0) is 19.4 Å². The van der Waals surface area contributed by atoms with Gasteiger partial charge in [-0.25, -0.2) is 4.98 Å². The average Bonchev–Trinajstić information content (AvgIpc) is 2.75. The standard InChI is InChI=1S/C12H14ClN3/c13-10-4-2-1-3-9(10)5-6-11-12(7-14)16-8-15-11/h1-4,8H,5-7,14H2,(H,15,16). The summed E-state index contributed by atoms with van der Waals surface area (Å²) >= 11 is 6.09. The summed E-state index contributed by atoms with van der Waals surface area (Å²) in [4.78, 5) is 7.29. The van der Waals surface area contributed by atoms with Gasteiger partial charge in [0.05, 0.1) is 17.7 Å². The van der Waals surface area contributed by atoms with Crippen molar-refractivity contribution in [3.05, 3.63) is 52.6 Å². The largest absolute Gasteiger partial charge is 0.347 e. The molecule has 4 heteroatoms. The van der Waals surface area contributed by atoms with Crippen molar-refractivity contribution in [2.75, 3.05) is 0 Å². The third-order valence-corrected chi connectivity index (χ3v) is 2.97. The number of imidazole rings is 1. The summed E-state index contributed by atoms with van der Waals surface area (Å²) < 4.78 is 0. The first-order chi connectivity index (χ1) is 7.81. The van der Waals surface area contributed by atoms with E-state index >= 15 is 0 Å². The van der Waals surface area contributed by atoms with E-state index in [1.165, 1.54) is 0 Å². The summed E-state index contributed by atoms with van der Waals surface area (Å²) in [6, 6.07) is 7.88. The van der Waals surface area contributed by atoms with Crippen LogP contribution in [0.5, 0.6) is 0 Å². The van der Waals surface area contributed by atoms with Gasteiger partial charge in [0.15, 0.2) is 0 Å². The molecule has 0 aliphatic heterocycles. The Morgan fingerprint density at radius 3 is 2.81 bits per heavy atom. The van der Waals surface area contributed by atoms with Crippen LogP contribution in [0, 0.1) is 0 Å². The van der Waals surface area contributed by atoms with Crippen LogP contribution < -0.4 is 5.73 Å². The van der Waals surface area contributed by atoms with Gasteiger partial charge in [-0.3, -0.25) is 0 Å². The molecule has 0 saturated carbocycles. The molecule has 0 amide bonds. The smallest absolute Gasteiger partial charge is 0.0925 e. The van der Waals surface area contributed by atoms with Crippen LogP contribution in [0.25, 0.3) is 0 Å². The second-order valence-corrected chi connectivity index (χ2v) is 4.03. The van der Waals surface area contributed by atoms with Crippen LogP contribution in [0.2, 0.25) is 5.02 Å². The first-order valence-corrected chi connectivity index (χ1v) is 5.63. The van der Waals surface area contributed by atoms with Crippen LogP contribution in [-0.4, -0.2) is 9.97 Å². The Morgan fingerprint density at radius 1 is 1.25 bits per heavy atom. The van der Waals surface area contributed by atoms with Gasteiger partial charge >= 0.3 is 0 Å². The summed E-state index contributed by atoms with van der Waals surface area (Å²) in [5.74, 6) is 0. The number of H-pyrrole nitrogens is 1. The number of nitrogens with zero attached hydrogens (tertiary/aromatic N) is 1. The van der Waals surface area contributed by atoms with Crippen LogP contribution in [0.15, 0.2) is 30.6 Å². The van der Waals surface area contributed by atoms with Crippen LogP contribution >= 0.6 is 11.6 Å². The molecule has 0 saturated heterocycles. The molecule has 3 N–H and O–H groups in total. The van der Waals surface area contributed by atoms with Gasteiger partial charge in [-0.1, -0.05) is 29.8 Å². The molecule has 2 rings (SSSR count). The first kappa shape index (κ1) is 11.2. The van der Waals surface area contributed by atoms with Crippen molar-refractivity contribution in [3.8, 4) is 0 Å². The Kier molecular flexibility index (Phi) is 3.59. The van der Waals surface area contributed by atoms with Gasteiger partial charge in [0.1, 0.15) is 0 Å². The normalized spacial score (nSPS) is 10.6. The van der Waals surface area contributed by atoms with E-state index < -0.39 is 0 Å². The molecule has 84 valence electrons. The molecule has 16 heavy (non-hydrogen) atoms. The topological polar surface area (TPSA) is 54.7 Å². The lowest BCUT2D eigenvalue weighted by Gasteiger charge is -2.03. The molecule has 0 fully saturated rings. The first-order valence-electron chi connectivity index (χ1n) is 5.26. The van der Waals surface area contributed by atoms with Gasteiger partial charge in [-0.15, -0.1) is 0 Å². The molecule has 1 aromatic heterocycles. The van der Waals surface area contributed by atoms with Gasteiger partial charge in [0, 0.05) is 11.6 Å². The predicted molar refractivity (Wildman–Crippen MR) is 65.3 cm³/mol. The number of rotatable bonds is 4. The van der Waals surface area contributed by atoms with Crippen molar-refractivity contribution in [1.82, 2.24) is 9.97 Å². The number of aryl methyl sites for hydroxylation is 2. The number of nitrogens with two attached hydrogens (primary N) is 1. The van der Waals surface area contributed by atoms with Gasteiger partial charge in [0.2, 0.25) is 0 Å². The Hall–Kier alpha value is -1.32. The van der Waals surface area contributed by atoms with E-state index in [2.05, 4.69) is 9.97 Å². The van der Waals surface area contributed by atoms with Crippen LogP contribution in [0.1, 0.15) is 17.0 Å². The zero-order valence-electron chi connectivity index (χ0n) is 8.91. The maximum Gasteiger partial charge on any atom is 0.0925 e. The molecule has 0 radical (unpaired) electrons. The number of aromatic amines is 1. The highest BCUT2D eigenvalue weighted by Gasteiger charge is 2.05. The van der Waals surface area contributed by atoms with Crippen LogP contribution in [0.3, 0.4) is 0 Å². The molecule has 0 bridgehead atoms. The fourth-order valence-electron chi connectivity index (χ4n) is 1.70. The molecular formula is C12H14ClN3. The number of benzene rings is 1. The van der Waals surface area contributed by atoms with Gasteiger partial charge in [0.25, 0.3) is 0 Å².